The van der Waals surface area contributed by atoms with Crippen LogP contribution in [0.1, 0.15) is 59.7 Å². The van der Waals surface area contributed by atoms with Crippen LogP contribution >= 0.6 is 0 Å². The van der Waals surface area contributed by atoms with Crippen molar-refractivity contribution in [1.82, 2.24) is 10.2 Å². The van der Waals surface area contributed by atoms with Gasteiger partial charge in [-0.1, -0.05) is 29.8 Å². The minimum atomic E-state index is -1.06. The summed E-state index contributed by atoms with van der Waals surface area (Å²) in [7, 11) is 1.65. The summed E-state index contributed by atoms with van der Waals surface area (Å²) in [6.07, 6.45) is 4.57. The first-order valence-corrected chi connectivity index (χ1v) is 12.5. The van der Waals surface area contributed by atoms with E-state index in [1.165, 1.54) is 24.9 Å². The van der Waals surface area contributed by atoms with Gasteiger partial charge in [0.2, 0.25) is 0 Å². The van der Waals surface area contributed by atoms with Gasteiger partial charge < -0.3 is 20.2 Å². The van der Waals surface area contributed by atoms with Gasteiger partial charge in [-0.15, -0.1) is 0 Å². The summed E-state index contributed by atoms with van der Waals surface area (Å²) in [4.78, 5) is 28.8. The molecule has 2 aliphatic heterocycles. The monoisotopic (exact) mass is 463 g/mol. The van der Waals surface area contributed by atoms with Gasteiger partial charge in [0.25, 0.3) is 11.8 Å². The Bertz CT molecular complexity index is 975. The number of carbonyl (C=O) groups is 2. The van der Waals surface area contributed by atoms with Crippen LogP contribution in [0.2, 0.25) is 0 Å². The summed E-state index contributed by atoms with van der Waals surface area (Å²) in [5.41, 5.74) is 3.61. The fourth-order valence-electron chi connectivity index (χ4n) is 5.41. The van der Waals surface area contributed by atoms with Gasteiger partial charge in [0.05, 0.1) is 0 Å². The van der Waals surface area contributed by atoms with Crippen LogP contribution in [-0.4, -0.2) is 55.0 Å². The van der Waals surface area contributed by atoms with Crippen LogP contribution in [0.5, 0.6) is 0 Å². The number of amides is 2. The van der Waals surface area contributed by atoms with Crippen molar-refractivity contribution in [1.29, 1.82) is 0 Å². The molecule has 2 heterocycles. The van der Waals surface area contributed by atoms with Gasteiger partial charge in [0.15, 0.2) is 6.10 Å². The second kappa shape index (κ2) is 11.0. The van der Waals surface area contributed by atoms with Gasteiger partial charge in [-0.25, -0.2) is 0 Å². The van der Waals surface area contributed by atoms with Crippen LogP contribution in [0.25, 0.3) is 0 Å². The van der Waals surface area contributed by atoms with Crippen LogP contribution in [0, 0.1) is 18.8 Å². The van der Waals surface area contributed by atoms with Gasteiger partial charge in [-0.05, 0) is 80.7 Å². The Morgan fingerprint density at radius 2 is 1.59 bits per heavy atom. The minimum Gasteiger partial charge on any atom is -0.378 e. The molecule has 0 aromatic heterocycles. The van der Waals surface area contributed by atoms with Crippen molar-refractivity contribution in [3.63, 3.8) is 0 Å². The van der Waals surface area contributed by atoms with Crippen molar-refractivity contribution in [2.24, 2.45) is 11.8 Å². The molecule has 6 heteroatoms. The Morgan fingerprint density at radius 3 is 2.18 bits per heavy atom. The van der Waals surface area contributed by atoms with Crippen LogP contribution in [-0.2, 0) is 4.79 Å². The topological polar surface area (TPSA) is 72.9 Å². The average molecular weight is 464 g/mol. The number of hydrogen-bond acceptors (Lipinski definition) is 4. The molecule has 6 nitrogen and oxygen atoms in total. The number of piperidine rings is 2. The molecule has 1 unspecified atom stereocenters. The number of rotatable bonds is 6. The zero-order valence-electron chi connectivity index (χ0n) is 20.4. The van der Waals surface area contributed by atoms with E-state index < -0.39 is 6.10 Å². The van der Waals surface area contributed by atoms with Crippen molar-refractivity contribution >= 4 is 17.5 Å². The summed E-state index contributed by atoms with van der Waals surface area (Å²) in [6.45, 7) is 5.54. The van der Waals surface area contributed by atoms with Gasteiger partial charge in [0.1, 0.15) is 0 Å². The lowest BCUT2D eigenvalue weighted by molar-refractivity contribution is -0.142. The number of aryl methyl sites for hydroxylation is 1. The number of hydrogen-bond donors (Lipinski definition) is 2. The number of nitrogens with zero attached hydrogens (tertiary/aromatic N) is 2. The number of carbonyl (C=O) groups excluding carboxylic acids is 2. The number of benzene rings is 2. The van der Waals surface area contributed by atoms with Gasteiger partial charge in [-0.2, -0.15) is 0 Å². The molecule has 2 aromatic rings. The van der Waals surface area contributed by atoms with E-state index in [2.05, 4.69) is 10.2 Å². The van der Waals surface area contributed by atoms with E-state index in [1.54, 1.807) is 7.05 Å². The lowest BCUT2D eigenvalue weighted by Crippen LogP contribution is -2.42. The predicted octanol–water partition coefficient (Wildman–Crippen LogP) is 3.93. The Hall–Kier alpha value is -2.86. The van der Waals surface area contributed by atoms with Crippen molar-refractivity contribution in [3.05, 3.63) is 65.2 Å². The maximum absolute atomic E-state index is 12.8. The van der Waals surface area contributed by atoms with Crippen molar-refractivity contribution in [2.45, 2.75) is 45.1 Å². The number of nitrogens with one attached hydrogen (secondary N) is 1. The molecule has 0 spiro atoms. The van der Waals surface area contributed by atoms with Gasteiger partial charge in [-0.3, -0.25) is 9.59 Å². The number of anilines is 1. The second-order valence-electron chi connectivity index (χ2n) is 9.88. The molecular weight excluding hydrogens is 426 g/mol. The third kappa shape index (κ3) is 5.79. The zero-order valence-corrected chi connectivity index (χ0v) is 20.4. The molecule has 2 aliphatic rings. The van der Waals surface area contributed by atoms with Crippen LogP contribution in [0.3, 0.4) is 0 Å². The molecule has 2 fully saturated rings. The van der Waals surface area contributed by atoms with Crippen LogP contribution in [0.15, 0.2) is 48.5 Å². The summed E-state index contributed by atoms with van der Waals surface area (Å²) in [5, 5.41) is 13.2. The quantitative estimate of drug-likeness (QED) is 0.681. The molecular formula is C28H37N3O3. The van der Waals surface area contributed by atoms with Crippen molar-refractivity contribution in [2.75, 3.05) is 38.1 Å². The number of aliphatic hydroxyl groups excluding tert-OH is 1. The van der Waals surface area contributed by atoms with E-state index in [0.29, 0.717) is 17.0 Å². The first kappa shape index (κ1) is 24.3. The molecule has 2 saturated heterocycles. The molecule has 2 N–H and O–H groups in total. The number of aliphatic hydroxyl groups is 1. The highest BCUT2D eigenvalue weighted by molar-refractivity contribution is 5.94. The van der Waals surface area contributed by atoms with Gasteiger partial charge >= 0.3 is 0 Å². The fourth-order valence-corrected chi connectivity index (χ4v) is 5.41. The van der Waals surface area contributed by atoms with E-state index in [-0.39, 0.29) is 11.8 Å². The summed E-state index contributed by atoms with van der Waals surface area (Å²) < 4.78 is 0. The number of likely N-dealkylation sites (tertiary alicyclic amines) is 1. The zero-order chi connectivity index (χ0) is 24.1. The third-order valence-electron chi connectivity index (χ3n) is 7.52. The van der Waals surface area contributed by atoms with E-state index in [1.807, 2.05) is 60.4 Å². The third-order valence-corrected chi connectivity index (χ3v) is 7.52. The van der Waals surface area contributed by atoms with Gasteiger partial charge in [0, 0.05) is 44.5 Å². The minimum absolute atomic E-state index is 0.0531. The molecule has 34 heavy (non-hydrogen) atoms. The second-order valence-corrected chi connectivity index (χ2v) is 9.88. The normalized spacial score (nSPS) is 18.6. The van der Waals surface area contributed by atoms with Crippen LogP contribution < -0.4 is 10.2 Å². The maximum atomic E-state index is 12.8. The SMILES string of the molecule is CNC(=O)c1ccc(N2CCC(CC3CCN(C(=O)C(O)c4cccc(C)c4)CC3)CC2)cc1. The first-order valence-electron chi connectivity index (χ1n) is 12.5. The highest BCUT2D eigenvalue weighted by atomic mass is 16.3. The highest BCUT2D eigenvalue weighted by Crippen LogP contribution is 2.32. The molecule has 1 atom stereocenters. The van der Waals surface area contributed by atoms with Crippen molar-refractivity contribution in [3.8, 4) is 0 Å². The Kier molecular flexibility index (Phi) is 7.88. The largest absolute Gasteiger partial charge is 0.378 e. The first-order chi connectivity index (χ1) is 16.4. The van der Waals surface area contributed by atoms with E-state index in [4.69, 9.17) is 0 Å². The predicted molar refractivity (Wildman–Crippen MR) is 135 cm³/mol. The lowest BCUT2D eigenvalue weighted by Gasteiger charge is -2.38. The standard InChI is InChI=1S/C28H37N3O3/c1-20-4-3-5-24(18-20)26(32)28(34)31-16-12-22(13-17-31)19-21-10-14-30(15-11-21)25-8-6-23(7-9-25)27(33)29-2/h3-9,18,21-22,26,32H,10-17,19H2,1-2H3,(H,29,33). The van der Waals surface area contributed by atoms with E-state index in [9.17, 15) is 14.7 Å². The molecule has 182 valence electrons. The molecule has 0 bridgehead atoms. The molecule has 4 rings (SSSR count). The Labute approximate surface area is 203 Å². The Morgan fingerprint density at radius 1 is 0.971 bits per heavy atom. The molecule has 2 amide bonds. The summed E-state index contributed by atoms with van der Waals surface area (Å²) in [5.74, 6) is 1.16. The highest BCUT2D eigenvalue weighted by Gasteiger charge is 2.30. The smallest absolute Gasteiger partial charge is 0.256 e. The summed E-state index contributed by atoms with van der Waals surface area (Å²) in [6, 6.07) is 15.4. The molecule has 0 radical (unpaired) electrons. The lowest BCUT2D eigenvalue weighted by atomic mass is 9.82. The molecule has 0 saturated carbocycles. The van der Waals surface area contributed by atoms with Crippen LogP contribution in [0.4, 0.5) is 5.69 Å². The molecule has 0 aliphatic carbocycles. The van der Waals surface area contributed by atoms with E-state index >= 15 is 0 Å². The Balaban J connectivity index is 1.21. The van der Waals surface area contributed by atoms with E-state index in [0.717, 1.165) is 50.5 Å². The fraction of sp³-hybridized carbons (Fsp3) is 0.500. The maximum Gasteiger partial charge on any atom is 0.256 e. The molecule has 2 aromatic carbocycles. The summed E-state index contributed by atoms with van der Waals surface area (Å²) >= 11 is 0. The van der Waals surface area contributed by atoms with Crippen molar-refractivity contribution < 1.29 is 14.7 Å². The average Bonchev–Trinajstić information content (AvgIpc) is 2.88.